The molecule has 8 heteroatoms. The van der Waals surface area contributed by atoms with E-state index >= 15 is 0 Å². The van der Waals surface area contributed by atoms with E-state index in [0.717, 1.165) is 11.3 Å². The first-order valence-corrected chi connectivity index (χ1v) is 8.31. The Labute approximate surface area is 121 Å². The Morgan fingerprint density at radius 2 is 2.11 bits per heavy atom. The highest BCUT2D eigenvalue weighted by atomic mass is 35.5. The van der Waals surface area contributed by atoms with Crippen molar-refractivity contribution in [1.82, 2.24) is 4.72 Å². The zero-order valence-corrected chi connectivity index (χ0v) is 13.2. The van der Waals surface area contributed by atoms with Crippen LogP contribution in [0.25, 0.3) is 0 Å². The average molecular weight is 326 g/mol. The fraction of sp³-hybridized carbons (Fsp3) is 0.545. The standard InChI is InChI=1S/C11H16ClNO4S2/c1-6(2)8(5-9(14)15)13-19(16,17)10-4-7(3)11(12)18-10/h4,6,8,13H,5H2,1-3H3,(H,14,15). The van der Waals surface area contributed by atoms with Crippen molar-refractivity contribution in [3.05, 3.63) is 16.0 Å². The first-order valence-electron chi connectivity index (χ1n) is 5.63. The van der Waals surface area contributed by atoms with Crippen LogP contribution >= 0.6 is 22.9 Å². The Balaban J connectivity index is 2.97. The van der Waals surface area contributed by atoms with Gasteiger partial charge in [0.2, 0.25) is 10.0 Å². The summed E-state index contributed by atoms with van der Waals surface area (Å²) in [7, 11) is -3.73. The Kier molecular flexibility index (Phi) is 5.37. The normalized spacial score (nSPS) is 13.7. The number of carboxylic acid groups (broad SMARTS) is 1. The molecule has 0 aliphatic rings. The van der Waals surface area contributed by atoms with Gasteiger partial charge in [-0.15, -0.1) is 11.3 Å². The summed E-state index contributed by atoms with van der Waals surface area (Å²) in [5.74, 6) is -1.16. The second kappa shape index (κ2) is 6.21. The maximum Gasteiger partial charge on any atom is 0.304 e. The predicted octanol–water partition coefficient (Wildman–Crippen LogP) is 2.49. The van der Waals surface area contributed by atoms with Crippen molar-refractivity contribution in [3.8, 4) is 0 Å². The van der Waals surface area contributed by atoms with Crippen LogP contribution in [0.2, 0.25) is 4.34 Å². The number of hydrogen-bond acceptors (Lipinski definition) is 4. The minimum Gasteiger partial charge on any atom is -0.481 e. The zero-order chi connectivity index (χ0) is 14.8. The van der Waals surface area contributed by atoms with Crippen molar-refractivity contribution >= 4 is 38.9 Å². The molecule has 1 rings (SSSR count). The highest BCUT2D eigenvalue weighted by molar-refractivity contribution is 7.91. The fourth-order valence-electron chi connectivity index (χ4n) is 1.42. The molecular formula is C11H16ClNO4S2. The van der Waals surface area contributed by atoms with Crippen molar-refractivity contribution < 1.29 is 18.3 Å². The van der Waals surface area contributed by atoms with Gasteiger partial charge >= 0.3 is 5.97 Å². The van der Waals surface area contributed by atoms with Crippen molar-refractivity contribution in [2.24, 2.45) is 5.92 Å². The van der Waals surface area contributed by atoms with Crippen LogP contribution in [0.4, 0.5) is 0 Å². The van der Waals surface area contributed by atoms with Gasteiger partial charge in [-0.2, -0.15) is 0 Å². The molecule has 0 amide bonds. The number of sulfonamides is 1. The molecular weight excluding hydrogens is 310 g/mol. The van der Waals surface area contributed by atoms with Crippen LogP contribution in [0.3, 0.4) is 0 Å². The Morgan fingerprint density at radius 1 is 1.53 bits per heavy atom. The molecule has 0 fully saturated rings. The van der Waals surface area contributed by atoms with E-state index in [4.69, 9.17) is 16.7 Å². The van der Waals surface area contributed by atoms with Crippen LogP contribution in [0, 0.1) is 12.8 Å². The average Bonchev–Trinajstić information content (AvgIpc) is 2.58. The number of rotatable bonds is 6. The van der Waals surface area contributed by atoms with Crippen LogP contribution in [-0.2, 0) is 14.8 Å². The zero-order valence-electron chi connectivity index (χ0n) is 10.8. The van der Waals surface area contributed by atoms with E-state index in [1.165, 1.54) is 6.07 Å². The van der Waals surface area contributed by atoms with Gasteiger partial charge in [0.15, 0.2) is 0 Å². The molecule has 1 heterocycles. The third-order valence-corrected chi connectivity index (χ3v) is 6.12. The predicted molar refractivity (Wildman–Crippen MR) is 75.3 cm³/mol. The van der Waals surface area contributed by atoms with Gasteiger partial charge in [-0.1, -0.05) is 25.4 Å². The van der Waals surface area contributed by atoms with E-state index in [0.29, 0.717) is 9.90 Å². The lowest BCUT2D eigenvalue weighted by Crippen LogP contribution is -2.39. The molecule has 5 nitrogen and oxygen atoms in total. The van der Waals surface area contributed by atoms with Crippen LogP contribution < -0.4 is 4.72 Å². The molecule has 1 aromatic rings. The molecule has 1 aromatic heterocycles. The topological polar surface area (TPSA) is 83.5 Å². The molecule has 0 aliphatic carbocycles. The second-order valence-electron chi connectivity index (χ2n) is 4.59. The van der Waals surface area contributed by atoms with Gasteiger partial charge in [0.05, 0.1) is 10.8 Å². The molecule has 2 N–H and O–H groups in total. The molecule has 0 radical (unpaired) electrons. The highest BCUT2D eigenvalue weighted by Crippen LogP contribution is 2.30. The monoisotopic (exact) mass is 325 g/mol. The Bertz CT molecular complexity index is 546. The molecule has 0 bridgehead atoms. The number of aliphatic carboxylic acids is 1. The van der Waals surface area contributed by atoms with Gasteiger partial charge in [0, 0.05) is 6.04 Å². The molecule has 0 saturated heterocycles. The lowest BCUT2D eigenvalue weighted by atomic mass is 10.0. The van der Waals surface area contributed by atoms with Crippen LogP contribution in [0.5, 0.6) is 0 Å². The quantitative estimate of drug-likeness (QED) is 0.841. The van der Waals surface area contributed by atoms with E-state index in [9.17, 15) is 13.2 Å². The highest BCUT2D eigenvalue weighted by Gasteiger charge is 2.26. The number of hydrogen-bond donors (Lipinski definition) is 2. The number of nitrogens with one attached hydrogen (secondary N) is 1. The molecule has 19 heavy (non-hydrogen) atoms. The summed E-state index contributed by atoms with van der Waals surface area (Å²) in [5, 5.41) is 8.80. The molecule has 108 valence electrons. The van der Waals surface area contributed by atoms with Crippen LogP contribution in [0.1, 0.15) is 25.8 Å². The van der Waals surface area contributed by atoms with E-state index < -0.39 is 22.0 Å². The van der Waals surface area contributed by atoms with Gasteiger partial charge < -0.3 is 5.11 Å². The second-order valence-corrected chi connectivity index (χ2v) is 8.19. The molecule has 0 aromatic carbocycles. The summed E-state index contributed by atoms with van der Waals surface area (Å²) in [6.07, 6.45) is -0.255. The van der Waals surface area contributed by atoms with E-state index in [1.807, 2.05) is 0 Å². The largest absolute Gasteiger partial charge is 0.481 e. The van der Waals surface area contributed by atoms with E-state index in [-0.39, 0.29) is 16.5 Å². The minimum absolute atomic E-state index is 0.103. The van der Waals surface area contributed by atoms with E-state index in [2.05, 4.69) is 4.72 Å². The van der Waals surface area contributed by atoms with Gasteiger partial charge in [0.1, 0.15) is 4.21 Å². The maximum atomic E-state index is 12.1. The van der Waals surface area contributed by atoms with Gasteiger partial charge in [0.25, 0.3) is 0 Å². The third-order valence-electron chi connectivity index (χ3n) is 2.61. The molecule has 1 atom stereocenters. The molecule has 0 aliphatic heterocycles. The smallest absolute Gasteiger partial charge is 0.304 e. The van der Waals surface area contributed by atoms with Crippen molar-refractivity contribution in [2.45, 2.75) is 37.4 Å². The lowest BCUT2D eigenvalue weighted by Gasteiger charge is -2.19. The number of carboxylic acids is 1. The fourth-order valence-corrected chi connectivity index (χ4v) is 4.53. The number of halogens is 1. The maximum absolute atomic E-state index is 12.1. The Morgan fingerprint density at radius 3 is 2.47 bits per heavy atom. The van der Waals surface area contributed by atoms with E-state index in [1.54, 1.807) is 20.8 Å². The molecule has 1 unspecified atom stereocenters. The first kappa shape index (κ1) is 16.4. The van der Waals surface area contributed by atoms with Crippen molar-refractivity contribution in [1.29, 1.82) is 0 Å². The van der Waals surface area contributed by atoms with Crippen molar-refractivity contribution in [2.75, 3.05) is 0 Å². The van der Waals surface area contributed by atoms with Gasteiger partial charge in [-0.25, -0.2) is 13.1 Å². The van der Waals surface area contributed by atoms with Gasteiger partial charge in [-0.3, -0.25) is 4.79 Å². The minimum atomic E-state index is -3.73. The van der Waals surface area contributed by atoms with Gasteiger partial charge in [-0.05, 0) is 24.5 Å². The molecule has 0 saturated carbocycles. The summed E-state index contributed by atoms with van der Waals surface area (Å²) in [4.78, 5) is 10.7. The summed E-state index contributed by atoms with van der Waals surface area (Å²) in [6.45, 7) is 5.25. The van der Waals surface area contributed by atoms with Crippen LogP contribution in [-0.4, -0.2) is 25.5 Å². The number of aryl methyl sites for hydroxylation is 1. The lowest BCUT2D eigenvalue weighted by molar-refractivity contribution is -0.137. The first-order chi connectivity index (χ1) is 8.63. The SMILES string of the molecule is Cc1cc(S(=O)(=O)NC(CC(=O)O)C(C)C)sc1Cl. The Hall–Kier alpha value is -0.630. The van der Waals surface area contributed by atoms with Crippen LogP contribution in [0.15, 0.2) is 10.3 Å². The summed E-state index contributed by atoms with van der Waals surface area (Å²) < 4.78 is 27.2. The summed E-state index contributed by atoms with van der Waals surface area (Å²) in [5.41, 5.74) is 0.686. The molecule has 0 spiro atoms. The summed E-state index contributed by atoms with van der Waals surface area (Å²) >= 11 is 6.81. The summed E-state index contributed by atoms with van der Waals surface area (Å²) in [6, 6.07) is 0.830. The number of thiophene rings is 1. The van der Waals surface area contributed by atoms with Crippen molar-refractivity contribution in [3.63, 3.8) is 0 Å². The number of carbonyl (C=O) groups is 1. The third kappa shape index (κ3) is 4.45.